The topological polar surface area (TPSA) is 108 Å². The Balaban J connectivity index is 2.07. The maximum atomic E-state index is 11.9. The third kappa shape index (κ3) is 4.75. The molecule has 7 heteroatoms. The van der Waals surface area contributed by atoms with E-state index in [4.69, 9.17) is 9.47 Å². The number of rotatable bonds is 7. The Bertz CT molecular complexity index is 511. The van der Waals surface area contributed by atoms with Gasteiger partial charge in [-0.25, -0.2) is 0 Å². The van der Waals surface area contributed by atoms with Crippen LogP contribution < -0.4 is 5.32 Å². The molecule has 1 aliphatic rings. The zero-order valence-corrected chi connectivity index (χ0v) is 13.7. The molecule has 1 fully saturated rings. The lowest BCUT2D eigenvalue weighted by Crippen LogP contribution is -2.64. The van der Waals surface area contributed by atoms with Crippen molar-refractivity contribution >= 4 is 5.91 Å². The Labute approximate surface area is 141 Å². The normalized spacial score (nSPS) is 30.1. The molecule has 4 N–H and O–H groups in total. The first-order valence-electron chi connectivity index (χ1n) is 8.14. The van der Waals surface area contributed by atoms with E-state index in [0.717, 1.165) is 5.56 Å². The van der Waals surface area contributed by atoms with Gasteiger partial charge in [0.15, 0.2) is 6.29 Å². The highest BCUT2D eigenvalue weighted by Gasteiger charge is 2.45. The van der Waals surface area contributed by atoms with E-state index >= 15 is 0 Å². The summed E-state index contributed by atoms with van der Waals surface area (Å²) < 4.78 is 11.2. The van der Waals surface area contributed by atoms with Gasteiger partial charge >= 0.3 is 0 Å². The lowest BCUT2D eigenvalue weighted by Gasteiger charge is -2.42. The molecule has 1 unspecified atom stereocenters. The number of aliphatic hydroxyl groups excluding tert-OH is 3. The first kappa shape index (κ1) is 18.8. The molecule has 1 saturated heterocycles. The zero-order valence-electron chi connectivity index (χ0n) is 13.7. The molecule has 24 heavy (non-hydrogen) atoms. The highest BCUT2D eigenvalue weighted by molar-refractivity contribution is 5.76. The molecule has 1 aliphatic heterocycles. The number of hydrogen-bond donors (Lipinski definition) is 4. The number of amides is 1. The second kappa shape index (κ2) is 9.10. The van der Waals surface area contributed by atoms with Crippen LogP contribution in [-0.4, -0.2) is 58.5 Å². The molecule has 0 aliphatic carbocycles. The highest BCUT2D eigenvalue weighted by Crippen LogP contribution is 2.23. The number of carbonyl (C=O) groups excluding carboxylic acids is 1. The number of aliphatic hydroxyl groups is 3. The standard InChI is InChI=1S/C17H25NO6/c1-2-6-13(20)18-14-16(22)15(21)12(9-19)24-17(14)23-10-11-7-4-3-5-8-11/h3-5,7-8,12,14-17,19,21-22H,2,6,9-10H2,1H3,(H,18,20)/t12-,14-,15-,16-,17?/m1/s1. The lowest BCUT2D eigenvalue weighted by molar-refractivity contribution is -0.273. The first-order chi connectivity index (χ1) is 11.6. The first-order valence-corrected chi connectivity index (χ1v) is 8.14. The molecule has 2 rings (SSSR count). The van der Waals surface area contributed by atoms with Crippen LogP contribution in [0.3, 0.4) is 0 Å². The van der Waals surface area contributed by atoms with Gasteiger partial charge in [-0.2, -0.15) is 0 Å². The van der Waals surface area contributed by atoms with Crippen LogP contribution in [0.5, 0.6) is 0 Å². The van der Waals surface area contributed by atoms with Gasteiger partial charge in [0.05, 0.1) is 13.2 Å². The predicted molar refractivity (Wildman–Crippen MR) is 85.8 cm³/mol. The van der Waals surface area contributed by atoms with Gasteiger partial charge in [-0.1, -0.05) is 37.3 Å². The molecular formula is C17H25NO6. The Morgan fingerprint density at radius 1 is 1.25 bits per heavy atom. The quantitative estimate of drug-likeness (QED) is 0.554. The molecule has 0 bridgehead atoms. The second-order valence-electron chi connectivity index (χ2n) is 5.85. The average molecular weight is 339 g/mol. The summed E-state index contributed by atoms with van der Waals surface area (Å²) >= 11 is 0. The van der Waals surface area contributed by atoms with E-state index in [1.807, 2.05) is 37.3 Å². The van der Waals surface area contributed by atoms with Gasteiger partial charge in [0.2, 0.25) is 5.91 Å². The average Bonchev–Trinajstić information content (AvgIpc) is 2.59. The maximum absolute atomic E-state index is 11.9. The summed E-state index contributed by atoms with van der Waals surface area (Å²) in [6.07, 6.45) is -3.58. The number of hydrogen-bond acceptors (Lipinski definition) is 6. The largest absolute Gasteiger partial charge is 0.394 e. The number of ether oxygens (including phenoxy) is 2. The molecular weight excluding hydrogens is 314 g/mol. The van der Waals surface area contributed by atoms with Crippen molar-refractivity contribution in [1.29, 1.82) is 0 Å². The molecule has 0 spiro atoms. The molecule has 1 heterocycles. The van der Waals surface area contributed by atoms with Crippen molar-refractivity contribution in [1.82, 2.24) is 5.32 Å². The molecule has 1 aromatic carbocycles. The van der Waals surface area contributed by atoms with Crippen LogP contribution in [0.25, 0.3) is 0 Å². The van der Waals surface area contributed by atoms with Crippen molar-refractivity contribution in [2.24, 2.45) is 0 Å². The van der Waals surface area contributed by atoms with Gasteiger partial charge in [-0.15, -0.1) is 0 Å². The van der Waals surface area contributed by atoms with Crippen LogP contribution >= 0.6 is 0 Å². The van der Waals surface area contributed by atoms with Crippen molar-refractivity contribution in [3.8, 4) is 0 Å². The molecule has 1 aromatic rings. The number of nitrogens with one attached hydrogen (secondary N) is 1. The fraction of sp³-hybridized carbons (Fsp3) is 0.588. The van der Waals surface area contributed by atoms with Crippen LogP contribution in [0, 0.1) is 0 Å². The molecule has 5 atom stereocenters. The van der Waals surface area contributed by atoms with Gasteiger partial charge in [-0.3, -0.25) is 4.79 Å². The lowest BCUT2D eigenvalue weighted by atomic mass is 9.96. The van der Waals surface area contributed by atoms with Gasteiger partial charge in [0.25, 0.3) is 0 Å². The summed E-state index contributed by atoms with van der Waals surface area (Å²) in [6, 6.07) is 8.47. The van der Waals surface area contributed by atoms with Gasteiger partial charge in [0, 0.05) is 6.42 Å². The van der Waals surface area contributed by atoms with E-state index in [2.05, 4.69) is 5.32 Å². The summed E-state index contributed by atoms with van der Waals surface area (Å²) in [5, 5.41) is 32.2. The molecule has 0 aromatic heterocycles. The fourth-order valence-corrected chi connectivity index (χ4v) is 2.62. The minimum absolute atomic E-state index is 0.215. The second-order valence-corrected chi connectivity index (χ2v) is 5.85. The van der Waals surface area contributed by atoms with Crippen molar-refractivity contribution in [3.63, 3.8) is 0 Å². The number of carbonyl (C=O) groups is 1. The summed E-state index contributed by atoms with van der Waals surface area (Å²) in [5.41, 5.74) is 0.904. The van der Waals surface area contributed by atoms with E-state index in [1.165, 1.54) is 0 Å². The third-order valence-electron chi connectivity index (χ3n) is 3.94. The van der Waals surface area contributed by atoms with E-state index in [0.29, 0.717) is 12.8 Å². The smallest absolute Gasteiger partial charge is 0.220 e. The highest BCUT2D eigenvalue weighted by atomic mass is 16.7. The Morgan fingerprint density at radius 2 is 1.96 bits per heavy atom. The van der Waals surface area contributed by atoms with Crippen LogP contribution in [-0.2, 0) is 20.9 Å². The van der Waals surface area contributed by atoms with Crippen LogP contribution in [0.4, 0.5) is 0 Å². The fourth-order valence-electron chi connectivity index (χ4n) is 2.62. The molecule has 7 nitrogen and oxygen atoms in total. The van der Waals surface area contributed by atoms with Crippen LogP contribution in [0.15, 0.2) is 30.3 Å². The van der Waals surface area contributed by atoms with E-state index in [-0.39, 0.29) is 12.5 Å². The summed E-state index contributed by atoms with van der Waals surface area (Å²) in [4.78, 5) is 11.9. The van der Waals surface area contributed by atoms with Crippen LogP contribution in [0.2, 0.25) is 0 Å². The molecule has 0 saturated carbocycles. The van der Waals surface area contributed by atoms with Crippen molar-refractivity contribution in [2.45, 2.75) is 57.0 Å². The third-order valence-corrected chi connectivity index (χ3v) is 3.94. The van der Waals surface area contributed by atoms with Gasteiger partial charge < -0.3 is 30.1 Å². The van der Waals surface area contributed by atoms with E-state index in [1.54, 1.807) is 0 Å². The Morgan fingerprint density at radius 3 is 2.58 bits per heavy atom. The zero-order chi connectivity index (χ0) is 17.5. The minimum Gasteiger partial charge on any atom is -0.394 e. The van der Waals surface area contributed by atoms with Gasteiger partial charge in [-0.05, 0) is 12.0 Å². The molecule has 134 valence electrons. The Kier molecular flexibility index (Phi) is 7.14. The van der Waals surface area contributed by atoms with E-state index < -0.39 is 37.3 Å². The summed E-state index contributed by atoms with van der Waals surface area (Å²) in [7, 11) is 0. The van der Waals surface area contributed by atoms with Crippen molar-refractivity contribution in [2.75, 3.05) is 6.61 Å². The summed E-state index contributed by atoms with van der Waals surface area (Å²) in [6.45, 7) is 1.62. The van der Waals surface area contributed by atoms with E-state index in [9.17, 15) is 20.1 Å². The molecule has 0 radical (unpaired) electrons. The van der Waals surface area contributed by atoms with Crippen molar-refractivity contribution < 1.29 is 29.6 Å². The number of benzene rings is 1. The van der Waals surface area contributed by atoms with Crippen LogP contribution in [0.1, 0.15) is 25.3 Å². The minimum atomic E-state index is -1.31. The summed E-state index contributed by atoms with van der Waals surface area (Å²) in [5.74, 6) is -0.256. The van der Waals surface area contributed by atoms with Crippen molar-refractivity contribution in [3.05, 3.63) is 35.9 Å². The predicted octanol–water partition coefficient (Wildman–Crippen LogP) is -0.0729. The SMILES string of the molecule is CCCC(=O)N[C@H]1C(OCc2ccccc2)O[C@H](CO)[C@@H](O)[C@@H]1O. The monoisotopic (exact) mass is 339 g/mol. The Hall–Kier alpha value is -1.51. The van der Waals surface area contributed by atoms with Gasteiger partial charge in [0.1, 0.15) is 24.4 Å². The molecule has 1 amide bonds. The maximum Gasteiger partial charge on any atom is 0.220 e.